The summed E-state index contributed by atoms with van der Waals surface area (Å²) >= 11 is 2.70. The van der Waals surface area contributed by atoms with E-state index in [0.717, 1.165) is 29.7 Å². The van der Waals surface area contributed by atoms with Crippen LogP contribution in [0.2, 0.25) is 0 Å². The van der Waals surface area contributed by atoms with Gasteiger partial charge in [-0.1, -0.05) is 89.1 Å². The van der Waals surface area contributed by atoms with Gasteiger partial charge in [0.15, 0.2) is 41.8 Å². The van der Waals surface area contributed by atoms with E-state index < -0.39 is 228 Å². The number of hydroxylamine groups is 1. The third-order valence-corrected chi connectivity index (χ3v) is 27.3. The predicted octanol–water partition coefficient (Wildman–Crippen LogP) is 2.54. The number of ether oxygens (including phenoxy) is 13. The van der Waals surface area contributed by atoms with Crippen molar-refractivity contribution < 1.29 is 155 Å². The van der Waals surface area contributed by atoms with E-state index in [1.807, 2.05) is 22.6 Å². The van der Waals surface area contributed by atoms with Crippen LogP contribution in [0, 0.1) is 40.1 Å². The van der Waals surface area contributed by atoms with E-state index in [-0.39, 0.29) is 104 Å². The number of alkyl carbamates (subject to hydrolysis) is 1. The number of fused-ring (bicyclic) bond motifs is 2. The van der Waals surface area contributed by atoms with Crippen LogP contribution in [0.5, 0.6) is 17.2 Å². The molecule has 131 heavy (non-hydrogen) atoms. The minimum Gasteiger partial charge on any atom is -0.492 e. The van der Waals surface area contributed by atoms with Gasteiger partial charge in [0.1, 0.15) is 66.6 Å². The van der Waals surface area contributed by atoms with E-state index in [1.54, 1.807) is 53.7 Å². The first-order chi connectivity index (χ1) is 62.3. The number of likely N-dealkylation sites (N-methyl/N-ethyl adjacent to an activating group) is 1. The Hall–Kier alpha value is -8.71. The lowest BCUT2D eigenvalue weighted by Crippen LogP contribution is -2.65. The smallest absolute Gasteiger partial charge is 0.411 e. The summed E-state index contributed by atoms with van der Waals surface area (Å²) in [6.07, 6.45) is -18.6. The average Bonchev–Trinajstić information content (AvgIpc) is 0.752. The van der Waals surface area contributed by atoms with Crippen molar-refractivity contribution >= 4 is 126 Å². The van der Waals surface area contributed by atoms with Gasteiger partial charge >= 0.3 is 30.2 Å². The number of allylic oxidation sites excluding steroid dienone is 3. The maximum absolute atomic E-state index is 14.7. The van der Waals surface area contributed by atoms with Crippen LogP contribution < -0.4 is 63.1 Å². The first-order valence-corrected chi connectivity index (χ1v) is 46.4. The van der Waals surface area contributed by atoms with Crippen molar-refractivity contribution in [2.24, 2.45) is 17.4 Å². The Morgan fingerprint density at radius 1 is 0.779 bits per heavy atom. The van der Waals surface area contributed by atoms with Crippen LogP contribution in [-0.4, -0.2) is 311 Å². The highest BCUT2D eigenvalue weighted by atomic mass is 127. The molecule has 42 nitrogen and oxygen atoms in total. The van der Waals surface area contributed by atoms with Crippen molar-refractivity contribution in [3.05, 3.63) is 79.6 Å². The zero-order valence-electron chi connectivity index (χ0n) is 74.5. The number of hydrogen-bond acceptors (Lipinski definition) is 35. The number of carboxylic acids is 2. The number of primary amides is 1. The Bertz CT molecular complexity index is 4580. The topological polar surface area (TPSA) is 598 Å². The summed E-state index contributed by atoms with van der Waals surface area (Å²) < 4.78 is 79.2. The Morgan fingerprint density at radius 2 is 1.47 bits per heavy atom. The van der Waals surface area contributed by atoms with Crippen LogP contribution in [0.3, 0.4) is 0 Å². The molecule has 46 heteroatoms. The molecule has 2 bridgehead atoms. The second kappa shape index (κ2) is 51.1. The molecule has 4 fully saturated rings. The number of carbonyl (C=O) groups is 11. The number of ketones is 1. The maximum atomic E-state index is 14.7. The molecule has 2 aromatic carbocycles. The molecule has 0 saturated carbocycles. The van der Waals surface area contributed by atoms with Crippen LogP contribution >= 0.6 is 55.9 Å². The molecule has 8 amide bonds. The van der Waals surface area contributed by atoms with Gasteiger partial charge in [-0.15, -0.1) is 0 Å². The van der Waals surface area contributed by atoms with Crippen molar-refractivity contribution in [3.63, 3.8) is 0 Å². The molecule has 724 valence electrons. The number of nitrogens with zero attached hydrogens (tertiary/aromatic N) is 1. The van der Waals surface area contributed by atoms with Crippen molar-refractivity contribution in [2.75, 3.05) is 72.9 Å². The molecule has 4 aliphatic heterocycles. The van der Waals surface area contributed by atoms with E-state index in [4.69, 9.17) is 77.9 Å². The molecule has 18 N–H and O–H groups in total. The first-order valence-electron chi connectivity index (χ1n) is 42.1. The van der Waals surface area contributed by atoms with E-state index >= 15 is 0 Å². The minimum atomic E-state index is -2.39. The van der Waals surface area contributed by atoms with Crippen molar-refractivity contribution in [2.45, 2.75) is 258 Å². The summed E-state index contributed by atoms with van der Waals surface area (Å²) in [5.74, 6) is 4.21. The Morgan fingerprint density at radius 3 is 2.09 bits per heavy atom. The number of Topliss-reactive ketones (excluding diaryl/α,β-unsaturated/α-hetero) is 1. The first kappa shape index (κ1) is 108. The number of halogens is 1. The second-order valence-corrected chi connectivity index (χ2v) is 36.4. The molecule has 6 aliphatic rings. The van der Waals surface area contributed by atoms with Gasteiger partial charge in [-0.3, -0.25) is 48.5 Å². The van der Waals surface area contributed by atoms with Crippen LogP contribution in [0.15, 0.2) is 59.3 Å². The average molecular weight is 2010 g/mol. The number of benzene rings is 2. The Balaban J connectivity index is 1.02. The highest BCUT2D eigenvalue weighted by Gasteiger charge is 2.53. The number of anilines is 1. The van der Waals surface area contributed by atoms with Crippen LogP contribution in [0.4, 0.5) is 20.1 Å². The summed E-state index contributed by atoms with van der Waals surface area (Å²) in [5.41, 5.74) is 11.5. The van der Waals surface area contributed by atoms with E-state index in [9.17, 15) is 88.5 Å². The van der Waals surface area contributed by atoms with Gasteiger partial charge in [0.2, 0.25) is 40.8 Å². The summed E-state index contributed by atoms with van der Waals surface area (Å²) in [6.45, 7) is 12.5. The molecule has 0 radical (unpaired) electrons. The molecule has 2 aromatic rings. The number of amides is 8. The highest BCUT2D eigenvalue weighted by molar-refractivity contribution is 14.1. The number of nitrogens with two attached hydrogens (primary N) is 2. The van der Waals surface area contributed by atoms with Gasteiger partial charge in [-0.05, 0) is 137 Å². The van der Waals surface area contributed by atoms with Crippen LogP contribution in [0.25, 0.3) is 0 Å². The third kappa shape index (κ3) is 28.9. The van der Waals surface area contributed by atoms with Gasteiger partial charge in [-0.25, -0.2) is 14.4 Å². The zero-order chi connectivity index (χ0) is 96.4. The number of carboxylic acid groups (broad SMARTS) is 2. The number of hydrogen-bond donors (Lipinski definition) is 16. The maximum Gasteiger partial charge on any atom is 0.411 e. The largest absolute Gasteiger partial charge is 0.492 e. The van der Waals surface area contributed by atoms with E-state index in [0.29, 0.717) is 44.9 Å². The highest BCUT2D eigenvalue weighted by Crippen LogP contribution is 2.50. The molecule has 4 heterocycles. The number of rotatable bonds is 43. The molecule has 8 rings (SSSR count). The number of methoxy groups -OCH3 is 5. The molecule has 2 aliphatic carbocycles. The molecule has 23 atom stereocenters. The predicted molar refractivity (Wildman–Crippen MR) is 480 cm³/mol. The monoisotopic (exact) mass is 2010 g/mol. The Kier molecular flexibility index (Phi) is 42.0. The van der Waals surface area contributed by atoms with E-state index in [2.05, 4.69) is 61.1 Å². The molecule has 4 saturated heterocycles. The van der Waals surface area contributed by atoms with Crippen molar-refractivity contribution in [1.29, 1.82) is 0 Å². The molecule has 0 aromatic heterocycles. The number of carbonyl (C=O) groups excluding carboxylic acids is 9. The lowest BCUT2D eigenvalue weighted by Gasteiger charge is -2.47. The fourth-order valence-corrected chi connectivity index (χ4v) is 19.1. The van der Waals surface area contributed by atoms with Crippen molar-refractivity contribution in [3.8, 4) is 40.9 Å². The Labute approximate surface area is 782 Å². The normalized spacial score (nSPS) is 27.9. The lowest BCUT2D eigenvalue weighted by molar-refractivity contribution is -0.337. The number of urea groups is 1. The van der Waals surface area contributed by atoms with Crippen LogP contribution in [0.1, 0.15) is 128 Å². The number of aliphatic carboxylic acids is 2. The lowest BCUT2D eigenvalue weighted by atomic mass is 9.75. The number of nitrogens with one attached hydrogen (secondary N) is 7. The fourth-order valence-electron chi connectivity index (χ4n) is 15.2. The number of aliphatic hydroxyl groups excluding tert-OH is 4. The van der Waals surface area contributed by atoms with Gasteiger partial charge in [0, 0.05) is 69.7 Å². The molecule has 1 unspecified atom stereocenters. The van der Waals surface area contributed by atoms with Crippen molar-refractivity contribution in [1.82, 2.24) is 37.0 Å². The second-order valence-electron chi connectivity index (χ2n) is 31.6. The molecular weight excluding hydrogens is 1900 g/mol. The van der Waals surface area contributed by atoms with Crippen LogP contribution in [-0.2, 0) is 92.4 Å². The van der Waals surface area contributed by atoms with Gasteiger partial charge in [0.25, 0.3) is 0 Å². The van der Waals surface area contributed by atoms with E-state index in [1.165, 1.54) is 77.5 Å². The van der Waals surface area contributed by atoms with Gasteiger partial charge in [-0.2, -0.15) is 5.48 Å². The fraction of sp³-hybridized carbons (Fsp3) is 0.612. The SMILES string of the molecule is CCN(C(=O)OCc1ccc(NC(=O)[C@H](CCCNC(N)=O)NC(=O)[C@@H](NC(=O)[C@H](CCCCN)NC(C)=O)C(C)C)cc1)[C@H]1CO[C@@H](O[C@H]2[C@H](O[C@H]3C#C/C=C\C#C[C@]4(O)CC(=O)C(NC(=O)OC)=C3/C4=C\CSSC(CC(=O)O)C(=O)O)O[C@H](C)[C@@H](NO[C@H]3C[C@H](O)[C@H](SC(=O)c4c(C)c(I)c(O[C@@H]5O[C@@H](C)[C@H](O)[C@@H](OC)[C@H]5O)c(OC)c4OC)[C@@H](C)O3)[C@@H]2O)C[C@@H]1OC. The molecular formula is C85H117IN10O32S3. The number of unbranched alkanes of at least 4 members (excludes halogenated alkanes) is 1. The standard InChI is InChI=1S/C85H117IN10O32S3/c1-14-96(84(113)121-38-46-25-27-47(28-26-46)91-75(105)50(23-21-32-89-82(88)111)92-77(107)63(40(2)3)93-76(106)49(90-45(8)97)22-18-20-31-87)51-39-120-58(35-55(51)115-9)126-72-67(103)64(42(5)123-81(72)125-54-24-17-15-16-19-30-85(114)37-53(99)65(94-83(112)119-13)61(54)48(85)29-33-129-131-56(78(108)109)36-57(100)101)95-128-59-34-52(98)74(44(7)122-59)130-79(110)60-41(4)62(86)70(73(118-12)69(60)116-10)127-80-68(104)71(117-11)66(102)43(6)124-80/h15-16,25-29,40,42-44,49-52,54-56,58-59,63-64,66-68,71-72,74,80-81,95,98,102-104,114H,14,18,20-23,31-39,87H2,1-13H3,(H,90,97)(H,91,105)(H,92,107)(H,93,106)(H,94,112)(H,100,101)(H,108,109)(H3,88,89,111)/b16-15-,48-29+/t42-,43+,44-,49+,50+,51+,52+,54+,55+,56?,58+,59+,63+,64-,66+,67+,68-,71-,72-,74-,80+,81+,85+/m1/s1. The minimum absolute atomic E-state index is 0.0101. The quantitative estimate of drug-likeness (QED) is 0.0149. The number of thioether (sulfide) groups is 1. The summed E-state index contributed by atoms with van der Waals surface area (Å²) in [7, 11) is 7.93. The zero-order valence-corrected chi connectivity index (χ0v) is 79.1. The number of aliphatic hydroxyl groups is 5. The van der Waals surface area contributed by atoms with Gasteiger partial charge in [0.05, 0.1) is 103 Å². The third-order valence-electron chi connectivity index (χ3n) is 22.0. The summed E-state index contributed by atoms with van der Waals surface area (Å²) in [5, 5.41) is 91.5. The summed E-state index contributed by atoms with van der Waals surface area (Å²) in [6, 6.07) is -0.105. The molecule has 0 spiro atoms. The van der Waals surface area contributed by atoms with Gasteiger partial charge < -0.3 is 140 Å². The summed E-state index contributed by atoms with van der Waals surface area (Å²) in [4.78, 5) is 153.